The van der Waals surface area contributed by atoms with E-state index >= 15 is 0 Å². The van der Waals surface area contributed by atoms with Crippen LogP contribution in [0.2, 0.25) is 0 Å². The normalized spacial score (nSPS) is 16.7. The van der Waals surface area contributed by atoms with E-state index in [4.69, 9.17) is 12.2 Å². The Morgan fingerprint density at radius 1 is 1.29 bits per heavy atom. The van der Waals surface area contributed by atoms with Gasteiger partial charge in [0.1, 0.15) is 5.70 Å². The lowest BCUT2D eigenvalue weighted by atomic mass is 10.2. The second kappa shape index (κ2) is 5.14. The Balaban J connectivity index is 1.96. The Labute approximate surface area is 127 Å². The molecule has 1 aromatic heterocycles. The van der Waals surface area contributed by atoms with Crippen molar-refractivity contribution >= 4 is 35.0 Å². The smallest absolute Gasteiger partial charge is 0.281 e. The first-order valence-electron chi connectivity index (χ1n) is 6.48. The zero-order valence-electron chi connectivity index (χ0n) is 11.7. The van der Waals surface area contributed by atoms with Crippen LogP contribution in [0.4, 0.5) is 5.69 Å². The summed E-state index contributed by atoms with van der Waals surface area (Å²) in [4.78, 5) is 14.0. The van der Waals surface area contributed by atoms with Gasteiger partial charge in [-0.25, -0.2) is 0 Å². The minimum Gasteiger partial charge on any atom is -0.327 e. The summed E-state index contributed by atoms with van der Waals surface area (Å²) in [6.45, 7) is 1.95. The average molecular weight is 298 g/mol. The summed E-state index contributed by atoms with van der Waals surface area (Å²) in [6, 6.07) is 9.35. The fourth-order valence-corrected chi connectivity index (χ4v) is 2.46. The first-order valence-corrected chi connectivity index (χ1v) is 6.89. The molecule has 106 valence electrons. The van der Waals surface area contributed by atoms with E-state index in [-0.39, 0.29) is 5.91 Å². The molecule has 0 bridgehead atoms. The molecule has 5 nitrogen and oxygen atoms in total. The van der Waals surface area contributed by atoms with Crippen molar-refractivity contribution in [1.82, 2.24) is 15.1 Å². The summed E-state index contributed by atoms with van der Waals surface area (Å²) < 4.78 is 1.76. The zero-order valence-corrected chi connectivity index (χ0v) is 12.5. The van der Waals surface area contributed by atoms with Gasteiger partial charge in [-0.2, -0.15) is 5.10 Å². The average Bonchev–Trinajstić information content (AvgIpc) is 2.94. The Morgan fingerprint density at radius 2 is 2.00 bits per heavy atom. The Kier molecular flexibility index (Phi) is 3.31. The van der Waals surface area contributed by atoms with Crippen LogP contribution in [0.1, 0.15) is 11.3 Å². The Hall–Kier alpha value is -2.47. The highest BCUT2D eigenvalue weighted by atomic mass is 32.1. The van der Waals surface area contributed by atoms with Crippen LogP contribution < -0.4 is 10.2 Å². The van der Waals surface area contributed by atoms with Gasteiger partial charge in [-0.3, -0.25) is 14.4 Å². The highest BCUT2D eigenvalue weighted by Crippen LogP contribution is 2.22. The van der Waals surface area contributed by atoms with Crippen molar-refractivity contribution in [2.75, 3.05) is 4.90 Å². The molecule has 1 fully saturated rings. The van der Waals surface area contributed by atoms with Crippen molar-refractivity contribution < 1.29 is 4.79 Å². The van der Waals surface area contributed by atoms with Crippen LogP contribution in [0.3, 0.4) is 0 Å². The predicted molar refractivity (Wildman–Crippen MR) is 85.6 cm³/mol. The minimum atomic E-state index is -0.158. The molecule has 1 aliphatic rings. The van der Waals surface area contributed by atoms with E-state index in [0.717, 1.165) is 16.9 Å². The molecule has 1 saturated heterocycles. The van der Waals surface area contributed by atoms with Crippen LogP contribution in [-0.4, -0.2) is 20.8 Å². The third-order valence-corrected chi connectivity index (χ3v) is 3.75. The molecular weight excluding hydrogens is 284 g/mol. The lowest BCUT2D eigenvalue weighted by Gasteiger charge is -2.13. The van der Waals surface area contributed by atoms with E-state index in [2.05, 4.69) is 10.4 Å². The van der Waals surface area contributed by atoms with Gasteiger partial charge in [-0.15, -0.1) is 0 Å². The number of rotatable bonds is 2. The highest BCUT2D eigenvalue weighted by molar-refractivity contribution is 7.80. The number of hydrogen-bond donors (Lipinski definition) is 1. The molecule has 1 amide bonds. The fraction of sp³-hybridized carbons (Fsp3) is 0.133. The molecule has 1 N–H and O–H groups in total. The van der Waals surface area contributed by atoms with Crippen LogP contribution in [0.15, 0.2) is 42.2 Å². The van der Waals surface area contributed by atoms with Gasteiger partial charge < -0.3 is 5.32 Å². The first-order chi connectivity index (χ1) is 10.1. The maximum atomic E-state index is 12.5. The third kappa shape index (κ3) is 2.34. The Morgan fingerprint density at radius 3 is 2.62 bits per heavy atom. The molecule has 1 aromatic carbocycles. The van der Waals surface area contributed by atoms with Crippen LogP contribution in [0.25, 0.3) is 6.08 Å². The van der Waals surface area contributed by atoms with Gasteiger partial charge in [0.05, 0.1) is 11.9 Å². The molecule has 0 radical (unpaired) electrons. The van der Waals surface area contributed by atoms with E-state index in [1.807, 2.05) is 44.3 Å². The summed E-state index contributed by atoms with van der Waals surface area (Å²) in [5.74, 6) is -0.158. The summed E-state index contributed by atoms with van der Waals surface area (Å²) in [5.41, 5.74) is 3.10. The number of thiocarbonyl (C=S) groups is 1. The van der Waals surface area contributed by atoms with Crippen molar-refractivity contribution in [1.29, 1.82) is 0 Å². The van der Waals surface area contributed by atoms with Gasteiger partial charge in [0.25, 0.3) is 5.91 Å². The van der Waals surface area contributed by atoms with Gasteiger partial charge in [0.15, 0.2) is 5.11 Å². The van der Waals surface area contributed by atoms with Crippen molar-refractivity contribution in [2.24, 2.45) is 7.05 Å². The molecule has 3 rings (SSSR count). The summed E-state index contributed by atoms with van der Waals surface area (Å²) in [6.07, 6.45) is 3.51. The lowest BCUT2D eigenvalue weighted by Crippen LogP contribution is -2.30. The number of anilines is 1. The number of para-hydroxylation sites is 1. The van der Waals surface area contributed by atoms with Crippen LogP contribution in [-0.2, 0) is 11.8 Å². The standard InChI is InChI=1S/C15H14N4OS/c1-10-11(9-16-18(10)2)8-13-14(20)19(15(21)17-13)12-6-4-3-5-7-12/h3-9H,1-2H3,(H,17,21). The SMILES string of the molecule is Cc1c(C=C2NC(=S)N(c3ccccc3)C2=O)cnn1C. The van der Waals surface area contributed by atoms with Gasteiger partial charge in [-0.05, 0) is 37.4 Å². The number of aromatic nitrogens is 2. The molecular formula is C15H14N4OS. The summed E-state index contributed by atoms with van der Waals surface area (Å²) in [7, 11) is 1.86. The number of nitrogens with zero attached hydrogens (tertiary/aromatic N) is 3. The second-order valence-electron chi connectivity index (χ2n) is 4.77. The van der Waals surface area contributed by atoms with Crippen LogP contribution >= 0.6 is 12.2 Å². The summed E-state index contributed by atoms with van der Waals surface area (Å²) in [5, 5.41) is 7.52. The van der Waals surface area contributed by atoms with Gasteiger partial charge in [0, 0.05) is 18.3 Å². The van der Waals surface area contributed by atoms with Crippen LogP contribution in [0, 0.1) is 6.92 Å². The molecule has 0 atom stereocenters. The highest BCUT2D eigenvalue weighted by Gasteiger charge is 2.31. The van der Waals surface area contributed by atoms with E-state index < -0.39 is 0 Å². The number of carbonyl (C=O) groups is 1. The second-order valence-corrected chi connectivity index (χ2v) is 5.16. The first kappa shape index (κ1) is 13.5. The maximum absolute atomic E-state index is 12.5. The monoisotopic (exact) mass is 298 g/mol. The van der Waals surface area contributed by atoms with E-state index in [9.17, 15) is 4.79 Å². The van der Waals surface area contributed by atoms with E-state index in [0.29, 0.717) is 10.8 Å². The predicted octanol–water partition coefficient (Wildman–Crippen LogP) is 1.99. The quantitative estimate of drug-likeness (QED) is 0.680. The maximum Gasteiger partial charge on any atom is 0.281 e. The third-order valence-electron chi connectivity index (χ3n) is 3.47. The number of aryl methyl sites for hydroxylation is 1. The zero-order chi connectivity index (χ0) is 15.0. The molecule has 0 unspecified atom stereocenters. The van der Waals surface area contributed by atoms with E-state index in [1.165, 1.54) is 4.90 Å². The van der Waals surface area contributed by atoms with Crippen LogP contribution in [0.5, 0.6) is 0 Å². The fourth-order valence-electron chi connectivity index (χ4n) is 2.16. The lowest BCUT2D eigenvalue weighted by molar-refractivity contribution is -0.113. The van der Waals surface area contributed by atoms with E-state index in [1.54, 1.807) is 17.0 Å². The molecule has 21 heavy (non-hydrogen) atoms. The molecule has 0 saturated carbocycles. The molecule has 1 aliphatic heterocycles. The summed E-state index contributed by atoms with van der Waals surface area (Å²) >= 11 is 5.26. The van der Waals surface area contributed by atoms with Crippen molar-refractivity contribution in [3.05, 3.63) is 53.5 Å². The molecule has 0 aliphatic carbocycles. The number of benzene rings is 1. The van der Waals surface area contributed by atoms with Crippen molar-refractivity contribution in [3.63, 3.8) is 0 Å². The molecule has 0 spiro atoms. The molecule has 6 heteroatoms. The largest absolute Gasteiger partial charge is 0.327 e. The van der Waals surface area contributed by atoms with Crippen molar-refractivity contribution in [2.45, 2.75) is 6.92 Å². The number of carbonyl (C=O) groups excluding carboxylic acids is 1. The molecule has 2 aromatic rings. The number of nitrogens with one attached hydrogen (secondary N) is 1. The number of hydrogen-bond acceptors (Lipinski definition) is 3. The van der Waals surface area contributed by atoms with Gasteiger partial charge in [0.2, 0.25) is 0 Å². The van der Waals surface area contributed by atoms with Gasteiger partial charge in [-0.1, -0.05) is 18.2 Å². The van der Waals surface area contributed by atoms with Gasteiger partial charge >= 0.3 is 0 Å². The minimum absolute atomic E-state index is 0.158. The number of amides is 1. The topological polar surface area (TPSA) is 50.2 Å². The Bertz CT molecular complexity index is 748. The van der Waals surface area contributed by atoms with Crippen molar-refractivity contribution in [3.8, 4) is 0 Å². The molecule has 2 heterocycles.